The number of halogens is 1. The van der Waals surface area contributed by atoms with Crippen LogP contribution in [0.15, 0.2) is 42.5 Å². The van der Waals surface area contributed by atoms with Gasteiger partial charge in [-0.3, -0.25) is 0 Å². The summed E-state index contributed by atoms with van der Waals surface area (Å²) in [5.41, 5.74) is 1.85. The number of hydrogen-bond acceptors (Lipinski definition) is 3. The Morgan fingerprint density at radius 1 is 0.900 bits per heavy atom. The maximum Gasteiger partial charge on any atom is 0.123 e. The normalized spacial score (nSPS) is 10.3. The molecule has 0 saturated carbocycles. The maximum atomic E-state index is 13.2. The third-order valence-corrected chi connectivity index (χ3v) is 3.07. The van der Waals surface area contributed by atoms with Gasteiger partial charge in [-0.05, 0) is 24.3 Å². The van der Waals surface area contributed by atoms with Crippen molar-refractivity contribution in [2.24, 2.45) is 0 Å². The van der Waals surface area contributed by atoms with Crippen LogP contribution < -0.4 is 14.8 Å². The lowest BCUT2D eigenvalue weighted by Gasteiger charge is -2.11. The van der Waals surface area contributed by atoms with E-state index in [1.807, 2.05) is 24.3 Å². The van der Waals surface area contributed by atoms with Gasteiger partial charge in [0.05, 0.1) is 14.2 Å². The summed E-state index contributed by atoms with van der Waals surface area (Å²) in [7, 11) is 3.23. The predicted molar refractivity (Wildman–Crippen MR) is 76.5 cm³/mol. The average Bonchev–Trinajstić information content (AvgIpc) is 2.48. The Kier molecular flexibility index (Phi) is 4.96. The van der Waals surface area contributed by atoms with E-state index in [9.17, 15) is 4.39 Å². The van der Waals surface area contributed by atoms with E-state index in [-0.39, 0.29) is 5.82 Å². The lowest BCUT2D eigenvalue weighted by molar-refractivity contribution is 0.403. The zero-order valence-corrected chi connectivity index (χ0v) is 11.7. The minimum Gasteiger partial charge on any atom is -0.496 e. The zero-order valence-electron chi connectivity index (χ0n) is 11.7. The molecule has 20 heavy (non-hydrogen) atoms. The molecule has 0 heterocycles. The van der Waals surface area contributed by atoms with Crippen molar-refractivity contribution in [2.75, 3.05) is 14.2 Å². The van der Waals surface area contributed by atoms with Crippen molar-refractivity contribution in [1.29, 1.82) is 0 Å². The van der Waals surface area contributed by atoms with Crippen LogP contribution >= 0.6 is 0 Å². The van der Waals surface area contributed by atoms with Crippen LogP contribution in [0.3, 0.4) is 0 Å². The van der Waals surface area contributed by atoms with Gasteiger partial charge in [-0.2, -0.15) is 0 Å². The van der Waals surface area contributed by atoms with E-state index < -0.39 is 0 Å². The van der Waals surface area contributed by atoms with Gasteiger partial charge >= 0.3 is 0 Å². The van der Waals surface area contributed by atoms with Crippen molar-refractivity contribution >= 4 is 0 Å². The molecule has 3 nitrogen and oxygen atoms in total. The number of ether oxygens (including phenoxy) is 2. The van der Waals surface area contributed by atoms with Crippen LogP contribution in [0.4, 0.5) is 4.39 Å². The number of benzene rings is 2. The molecule has 0 atom stereocenters. The molecule has 0 aliphatic rings. The molecule has 2 aromatic carbocycles. The van der Waals surface area contributed by atoms with E-state index in [1.165, 1.54) is 12.1 Å². The molecular formula is C16H18FNO2. The van der Waals surface area contributed by atoms with Crippen LogP contribution in [0.25, 0.3) is 0 Å². The summed E-state index contributed by atoms with van der Waals surface area (Å²) < 4.78 is 23.8. The molecule has 0 aliphatic heterocycles. The molecule has 0 saturated heterocycles. The second kappa shape index (κ2) is 6.91. The van der Waals surface area contributed by atoms with Gasteiger partial charge in [0.25, 0.3) is 0 Å². The summed E-state index contributed by atoms with van der Waals surface area (Å²) >= 11 is 0. The smallest absolute Gasteiger partial charge is 0.123 e. The zero-order chi connectivity index (χ0) is 14.4. The highest BCUT2D eigenvalue weighted by Crippen LogP contribution is 2.20. The first-order chi connectivity index (χ1) is 9.74. The molecule has 1 N–H and O–H groups in total. The molecule has 0 aromatic heterocycles. The Labute approximate surface area is 118 Å². The van der Waals surface area contributed by atoms with Gasteiger partial charge in [-0.15, -0.1) is 0 Å². The highest BCUT2D eigenvalue weighted by atomic mass is 19.1. The van der Waals surface area contributed by atoms with Crippen molar-refractivity contribution in [3.8, 4) is 11.5 Å². The van der Waals surface area contributed by atoms with Gasteiger partial charge in [-0.1, -0.05) is 18.2 Å². The lowest BCUT2D eigenvalue weighted by atomic mass is 10.1. The third kappa shape index (κ3) is 3.48. The highest BCUT2D eigenvalue weighted by molar-refractivity contribution is 5.35. The van der Waals surface area contributed by atoms with Crippen LogP contribution in [0.2, 0.25) is 0 Å². The predicted octanol–water partition coefficient (Wildman–Crippen LogP) is 3.13. The van der Waals surface area contributed by atoms with Crippen LogP contribution in [0, 0.1) is 5.82 Å². The third-order valence-electron chi connectivity index (χ3n) is 3.07. The monoisotopic (exact) mass is 275 g/mol. The Morgan fingerprint density at radius 2 is 1.55 bits per heavy atom. The minimum atomic E-state index is -0.264. The highest BCUT2D eigenvalue weighted by Gasteiger charge is 2.05. The fraction of sp³-hybridized carbons (Fsp3) is 0.250. The van der Waals surface area contributed by atoms with E-state index in [2.05, 4.69) is 5.32 Å². The standard InChI is InChI=1S/C16H18FNO2/c1-19-15-6-4-3-5-12(15)10-18-11-13-9-14(17)7-8-16(13)20-2/h3-9,18H,10-11H2,1-2H3. The number of para-hydroxylation sites is 1. The molecule has 2 rings (SSSR count). The van der Waals surface area contributed by atoms with E-state index in [1.54, 1.807) is 20.3 Å². The van der Waals surface area contributed by atoms with E-state index in [4.69, 9.17) is 9.47 Å². The molecule has 0 radical (unpaired) electrons. The Morgan fingerprint density at radius 3 is 2.30 bits per heavy atom. The van der Waals surface area contributed by atoms with E-state index in [0.717, 1.165) is 16.9 Å². The van der Waals surface area contributed by atoms with Crippen molar-refractivity contribution in [2.45, 2.75) is 13.1 Å². The summed E-state index contributed by atoms with van der Waals surface area (Å²) in [5.74, 6) is 1.25. The van der Waals surface area contributed by atoms with Crippen LogP contribution in [0.1, 0.15) is 11.1 Å². The van der Waals surface area contributed by atoms with Crippen LogP contribution in [-0.2, 0) is 13.1 Å². The molecule has 0 spiro atoms. The van der Waals surface area contributed by atoms with Crippen molar-refractivity contribution in [3.05, 3.63) is 59.4 Å². The van der Waals surface area contributed by atoms with Crippen LogP contribution in [0.5, 0.6) is 11.5 Å². The minimum absolute atomic E-state index is 0.264. The van der Waals surface area contributed by atoms with Gasteiger partial charge < -0.3 is 14.8 Å². The molecule has 0 unspecified atom stereocenters. The Balaban J connectivity index is 2.01. The van der Waals surface area contributed by atoms with Gasteiger partial charge in [0, 0.05) is 24.2 Å². The van der Waals surface area contributed by atoms with Gasteiger partial charge in [0.15, 0.2) is 0 Å². The fourth-order valence-corrected chi connectivity index (χ4v) is 2.07. The summed E-state index contributed by atoms with van der Waals surface area (Å²) in [6.45, 7) is 1.17. The topological polar surface area (TPSA) is 30.5 Å². The molecule has 0 amide bonds. The molecule has 4 heteroatoms. The summed E-state index contributed by atoms with van der Waals surface area (Å²) in [6, 6.07) is 12.3. The maximum absolute atomic E-state index is 13.2. The van der Waals surface area contributed by atoms with Gasteiger partial charge in [-0.25, -0.2) is 4.39 Å². The Hall–Kier alpha value is -2.07. The van der Waals surface area contributed by atoms with E-state index in [0.29, 0.717) is 18.8 Å². The molecule has 106 valence electrons. The molecule has 2 aromatic rings. The Bertz CT molecular complexity index is 572. The first-order valence-electron chi connectivity index (χ1n) is 6.39. The average molecular weight is 275 g/mol. The van der Waals surface area contributed by atoms with Crippen molar-refractivity contribution in [1.82, 2.24) is 5.32 Å². The summed E-state index contributed by atoms with van der Waals surface area (Å²) in [4.78, 5) is 0. The molecule has 0 aliphatic carbocycles. The second-order valence-electron chi connectivity index (χ2n) is 4.37. The van der Waals surface area contributed by atoms with Crippen LogP contribution in [-0.4, -0.2) is 14.2 Å². The second-order valence-corrected chi connectivity index (χ2v) is 4.37. The lowest BCUT2D eigenvalue weighted by Crippen LogP contribution is -2.14. The quantitative estimate of drug-likeness (QED) is 0.878. The fourth-order valence-electron chi connectivity index (χ4n) is 2.07. The SMILES string of the molecule is COc1ccccc1CNCc1cc(F)ccc1OC. The number of hydrogen-bond donors (Lipinski definition) is 1. The van der Waals surface area contributed by atoms with Gasteiger partial charge in [0.1, 0.15) is 17.3 Å². The first kappa shape index (κ1) is 14.3. The largest absolute Gasteiger partial charge is 0.496 e. The molecule has 0 bridgehead atoms. The summed E-state index contributed by atoms with van der Waals surface area (Å²) in [6.07, 6.45) is 0. The number of nitrogens with one attached hydrogen (secondary N) is 1. The summed E-state index contributed by atoms with van der Waals surface area (Å²) in [5, 5.41) is 3.27. The van der Waals surface area contributed by atoms with Crippen molar-refractivity contribution < 1.29 is 13.9 Å². The molecular weight excluding hydrogens is 257 g/mol. The molecule has 0 fully saturated rings. The number of rotatable bonds is 6. The van der Waals surface area contributed by atoms with Gasteiger partial charge in [0.2, 0.25) is 0 Å². The number of methoxy groups -OCH3 is 2. The van der Waals surface area contributed by atoms with Crippen molar-refractivity contribution in [3.63, 3.8) is 0 Å². The van der Waals surface area contributed by atoms with E-state index >= 15 is 0 Å². The first-order valence-corrected chi connectivity index (χ1v) is 6.39.